The highest BCUT2D eigenvalue weighted by atomic mass is 16.8. The molecule has 9 nitrogen and oxygen atoms in total. The van der Waals surface area contributed by atoms with Crippen molar-refractivity contribution < 1.29 is 24.1 Å². The van der Waals surface area contributed by atoms with Gasteiger partial charge in [0.25, 0.3) is 5.91 Å². The van der Waals surface area contributed by atoms with Gasteiger partial charge in [-0.25, -0.2) is 9.67 Å². The molecule has 3 rings (SSSR count). The highest BCUT2D eigenvalue weighted by molar-refractivity contribution is 5.88. The van der Waals surface area contributed by atoms with Crippen molar-refractivity contribution in [3.63, 3.8) is 0 Å². The molecule has 0 aromatic carbocycles. The normalized spacial score (nSPS) is 35.1. The molecule has 110 valence electrons. The fraction of sp³-hybridized carbons (Fsp3) is 0.727. The Kier molecular flexibility index (Phi) is 3.01. The molecule has 1 amide bonds. The van der Waals surface area contributed by atoms with Crippen LogP contribution in [0.2, 0.25) is 0 Å². The van der Waals surface area contributed by atoms with Gasteiger partial charge in [0, 0.05) is 0 Å². The van der Waals surface area contributed by atoms with Crippen LogP contribution in [0.1, 0.15) is 30.7 Å². The quantitative estimate of drug-likeness (QED) is 0.713. The Morgan fingerprint density at radius 3 is 2.80 bits per heavy atom. The monoisotopic (exact) mass is 284 g/mol. The van der Waals surface area contributed by atoms with Gasteiger partial charge in [-0.1, -0.05) is 0 Å². The Labute approximate surface area is 114 Å². The molecule has 0 aliphatic carbocycles. The largest absolute Gasteiger partial charge is 0.394 e. The molecular weight excluding hydrogens is 268 g/mol. The van der Waals surface area contributed by atoms with Crippen molar-refractivity contribution in [2.45, 2.75) is 44.2 Å². The zero-order valence-corrected chi connectivity index (χ0v) is 11.1. The van der Waals surface area contributed by atoms with Crippen LogP contribution in [-0.4, -0.2) is 56.5 Å². The molecule has 0 saturated carbocycles. The summed E-state index contributed by atoms with van der Waals surface area (Å²) in [6.45, 7) is 3.37. The molecule has 0 unspecified atom stereocenters. The van der Waals surface area contributed by atoms with Crippen molar-refractivity contribution in [1.82, 2.24) is 14.8 Å². The molecule has 0 bridgehead atoms. The Bertz CT molecular complexity index is 531. The van der Waals surface area contributed by atoms with Gasteiger partial charge in [-0.2, -0.15) is 0 Å². The maximum Gasteiger partial charge on any atom is 0.288 e. The number of primary amides is 1. The van der Waals surface area contributed by atoms with Crippen LogP contribution in [0.3, 0.4) is 0 Å². The Balaban J connectivity index is 1.87. The molecule has 3 N–H and O–H groups in total. The van der Waals surface area contributed by atoms with E-state index in [1.807, 2.05) is 0 Å². The number of aliphatic hydroxyl groups is 1. The van der Waals surface area contributed by atoms with Crippen LogP contribution in [-0.2, 0) is 14.2 Å². The first-order chi connectivity index (χ1) is 9.41. The number of ether oxygens (including phenoxy) is 3. The van der Waals surface area contributed by atoms with Gasteiger partial charge in [-0.15, -0.1) is 5.10 Å². The molecule has 9 heteroatoms. The number of amides is 1. The second kappa shape index (κ2) is 4.48. The highest BCUT2D eigenvalue weighted by Gasteiger charge is 2.56. The lowest BCUT2D eigenvalue weighted by Crippen LogP contribution is -2.31. The molecule has 3 heterocycles. The molecule has 2 fully saturated rings. The summed E-state index contributed by atoms with van der Waals surface area (Å²) in [6.07, 6.45) is -0.644. The lowest BCUT2D eigenvalue weighted by Gasteiger charge is -2.23. The van der Waals surface area contributed by atoms with Gasteiger partial charge in [0.1, 0.15) is 24.6 Å². The van der Waals surface area contributed by atoms with Gasteiger partial charge < -0.3 is 25.1 Å². The second-order valence-corrected chi connectivity index (χ2v) is 5.22. The predicted molar refractivity (Wildman–Crippen MR) is 63.4 cm³/mol. The summed E-state index contributed by atoms with van der Waals surface area (Å²) in [5.74, 6) is -1.59. The van der Waals surface area contributed by atoms with Crippen LogP contribution in [0.5, 0.6) is 0 Å². The molecule has 0 spiro atoms. The topological polar surface area (TPSA) is 122 Å². The number of nitrogens with zero attached hydrogens (tertiary/aromatic N) is 3. The smallest absolute Gasteiger partial charge is 0.288 e. The van der Waals surface area contributed by atoms with Gasteiger partial charge in [-0.05, 0) is 13.8 Å². The summed E-state index contributed by atoms with van der Waals surface area (Å²) in [7, 11) is 0. The molecule has 1 aromatic rings. The standard InChI is InChI=1S/C11H16N4O5/c1-11(2)19-6-5(3-16)18-10(7(6)20-11)15-4-13-9(14-15)8(12)17/h4-7,10,16H,3H2,1-2H3,(H2,12,17)/t5-,6+,7+,10+/m0/s1. The van der Waals surface area contributed by atoms with E-state index in [1.54, 1.807) is 13.8 Å². The summed E-state index contributed by atoms with van der Waals surface area (Å²) in [5.41, 5.74) is 5.12. The van der Waals surface area contributed by atoms with Crippen LogP contribution in [0.25, 0.3) is 0 Å². The van der Waals surface area contributed by atoms with E-state index in [1.165, 1.54) is 11.0 Å². The van der Waals surface area contributed by atoms with E-state index in [4.69, 9.17) is 19.9 Å². The van der Waals surface area contributed by atoms with Gasteiger partial charge in [0.15, 0.2) is 12.0 Å². The van der Waals surface area contributed by atoms with E-state index in [0.29, 0.717) is 0 Å². The van der Waals surface area contributed by atoms with Crippen LogP contribution in [0, 0.1) is 0 Å². The van der Waals surface area contributed by atoms with E-state index >= 15 is 0 Å². The van der Waals surface area contributed by atoms with Crippen molar-refractivity contribution in [3.05, 3.63) is 12.2 Å². The van der Waals surface area contributed by atoms with Crippen molar-refractivity contribution in [2.75, 3.05) is 6.61 Å². The average Bonchev–Trinajstić information content (AvgIpc) is 3.01. The fourth-order valence-corrected chi connectivity index (χ4v) is 2.53. The molecule has 1 aromatic heterocycles. The second-order valence-electron chi connectivity index (χ2n) is 5.22. The molecular formula is C11H16N4O5. The fourth-order valence-electron chi connectivity index (χ4n) is 2.53. The van der Waals surface area contributed by atoms with Crippen LogP contribution in [0.15, 0.2) is 6.33 Å². The number of hydrogen-bond donors (Lipinski definition) is 2. The van der Waals surface area contributed by atoms with E-state index in [0.717, 1.165) is 0 Å². The van der Waals surface area contributed by atoms with Gasteiger partial charge in [-0.3, -0.25) is 4.79 Å². The van der Waals surface area contributed by atoms with E-state index in [-0.39, 0.29) is 12.4 Å². The van der Waals surface area contributed by atoms with E-state index in [9.17, 15) is 9.90 Å². The Hall–Kier alpha value is -1.55. The Morgan fingerprint density at radius 1 is 1.50 bits per heavy atom. The van der Waals surface area contributed by atoms with Gasteiger partial charge >= 0.3 is 0 Å². The third-order valence-electron chi connectivity index (χ3n) is 3.29. The molecule has 20 heavy (non-hydrogen) atoms. The number of nitrogens with two attached hydrogens (primary N) is 1. The summed E-state index contributed by atoms with van der Waals surface area (Å²) >= 11 is 0. The number of hydrogen-bond acceptors (Lipinski definition) is 7. The minimum Gasteiger partial charge on any atom is -0.394 e. The zero-order valence-electron chi connectivity index (χ0n) is 11.1. The summed E-state index contributed by atoms with van der Waals surface area (Å²) in [5, 5.41) is 13.3. The van der Waals surface area contributed by atoms with Gasteiger partial charge in [0.05, 0.1) is 6.61 Å². The first-order valence-electron chi connectivity index (χ1n) is 6.24. The number of carbonyl (C=O) groups excluding carboxylic acids is 1. The predicted octanol–water partition coefficient (Wildman–Crippen LogP) is -1.21. The summed E-state index contributed by atoms with van der Waals surface area (Å²) < 4.78 is 18.5. The first-order valence-corrected chi connectivity index (χ1v) is 6.24. The number of carbonyl (C=O) groups is 1. The maximum absolute atomic E-state index is 11.0. The zero-order chi connectivity index (χ0) is 14.5. The van der Waals surface area contributed by atoms with Crippen molar-refractivity contribution in [3.8, 4) is 0 Å². The molecule has 0 radical (unpaired) electrons. The number of aliphatic hydroxyl groups excluding tert-OH is 1. The van der Waals surface area contributed by atoms with Crippen molar-refractivity contribution >= 4 is 5.91 Å². The third-order valence-corrected chi connectivity index (χ3v) is 3.29. The highest BCUT2D eigenvalue weighted by Crippen LogP contribution is 2.42. The van der Waals surface area contributed by atoms with Crippen molar-refractivity contribution in [2.24, 2.45) is 5.73 Å². The molecule has 2 aliphatic rings. The lowest BCUT2D eigenvalue weighted by molar-refractivity contribution is -0.201. The van der Waals surface area contributed by atoms with E-state index < -0.39 is 36.2 Å². The van der Waals surface area contributed by atoms with Gasteiger partial charge in [0.2, 0.25) is 5.82 Å². The van der Waals surface area contributed by atoms with Crippen molar-refractivity contribution in [1.29, 1.82) is 0 Å². The lowest BCUT2D eigenvalue weighted by atomic mass is 10.1. The summed E-state index contributed by atoms with van der Waals surface area (Å²) in [4.78, 5) is 14.8. The number of aromatic nitrogens is 3. The van der Waals surface area contributed by atoms with E-state index in [2.05, 4.69) is 10.1 Å². The first kappa shape index (κ1) is 13.4. The van der Waals surface area contributed by atoms with Crippen LogP contribution < -0.4 is 5.73 Å². The average molecular weight is 284 g/mol. The third kappa shape index (κ3) is 2.08. The molecule has 2 saturated heterocycles. The number of fused-ring (bicyclic) bond motifs is 1. The SMILES string of the molecule is CC1(C)O[C@@H]2[C@H](O1)[C@H](CO)O[C@H]2n1cnc(C(N)=O)n1. The summed E-state index contributed by atoms with van der Waals surface area (Å²) in [6, 6.07) is 0. The van der Waals surface area contributed by atoms with Crippen LogP contribution >= 0.6 is 0 Å². The molecule has 4 atom stereocenters. The minimum absolute atomic E-state index is 0.101. The molecule has 2 aliphatic heterocycles. The minimum atomic E-state index is -0.766. The Morgan fingerprint density at radius 2 is 2.20 bits per heavy atom. The van der Waals surface area contributed by atoms with Crippen LogP contribution in [0.4, 0.5) is 0 Å². The maximum atomic E-state index is 11.0. The number of rotatable bonds is 3.